The van der Waals surface area contributed by atoms with E-state index in [4.69, 9.17) is 0 Å². The Morgan fingerprint density at radius 1 is 1.04 bits per heavy atom. The first-order valence-corrected chi connectivity index (χ1v) is 9.76. The lowest BCUT2D eigenvalue weighted by molar-refractivity contribution is -0.131. The van der Waals surface area contributed by atoms with Crippen molar-refractivity contribution in [3.8, 4) is 0 Å². The summed E-state index contributed by atoms with van der Waals surface area (Å²) in [6.45, 7) is 1.46. The van der Waals surface area contributed by atoms with Gasteiger partial charge in [0, 0.05) is 6.54 Å². The molecule has 0 aliphatic carbocycles. The van der Waals surface area contributed by atoms with Crippen molar-refractivity contribution >= 4 is 21.8 Å². The third-order valence-electron chi connectivity index (χ3n) is 4.36. The van der Waals surface area contributed by atoms with Crippen LogP contribution in [0.15, 0.2) is 59.5 Å². The molecule has 1 aliphatic rings. The summed E-state index contributed by atoms with van der Waals surface area (Å²) < 4.78 is 26.6. The average Bonchev–Trinajstić information content (AvgIpc) is 2.77. The van der Waals surface area contributed by atoms with Crippen molar-refractivity contribution in [2.45, 2.75) is 18.2 Å². The molecule has 6 nitrogen and oxygen atoms in total. The molecule has 1 saturated heterocycles. The van der Waals surface area contributed by atoms with Crippen LogP contribution >= 0.6 is 0 Å². The molecule has 1 aliphatic heterocycles. The van der Waals surface area contributed by atoms with Crippen LogP contribution in [0.4, 0.5) is 0 Å². The summed E-state index contributed by atoms with van der Waals surface area (Å²) in [5.41, 5.74) is 1.82. The van der Waals surface area contributed by atoms with Crippen LogP contribution < -0.4 is 5.32 Å². The number of benzene rings is 2. The molecule has 0 saturated carbocycles. The second kappa shape index (κ2) is 7.29. The van der Waals surface area contributed by atoms with Crippen molar-refractivity contribution in [2.24, 2.45) is 5.92 Å². The van der Waals surface area contributed by atoms with Crippen LogP contribution in [0.5, 0.6) is 0 Å². The molecule has 3 rings (SSSR count). The van der Waals surface area contributed by atoms with E-state index in [9.17, 15) is 18.0 Å². The topological polar surface area (TPSA) is 83.6 Å². The predicted octanol–water partition coefficient (Wildman–Crippen LogP) is 1.50. The van der Waals surface area contributed by atoms with Crippen molar-refractivity contribution < 1.29 is 18.0 Å². The van der Waals surface area contributed by atoms with Crippen LogP contribution in [0.25, 0.3) is 0 Å². The average molecular weight is 372 g/mol. The zero-order chi connectivity index (χ0) is 18.7. The van der Waals surface area contributed by atoms with Gasteiger partial charge in [-0.25, -0.2) is 12.7 Å². The lowest BCUT2D eigenvalue weighted by Gasteiger charge is -2.23. The number of hydrogen-bond donors (Lipinski definition) is 1. The number of amides is 2. The Kier molecular flexibility index (Phi) is 5.08. The first-order valence-electron chi connectivity index (χ1n) is 8.32. The Morgan fingerprint density at radius 2 is 1.69 bits per heavy atom. The van der Waals surface area contributed by atoms with E-state index in [0.717, 1.165) is 11.1 Å². The van der Waals surface area contributed by atoms with Gasteiger partial charge in [0.15, 0.2) is 0 Å². The maximum absolute atomic E-state index is 12.9. The Labute approximate surface area is 152 Å². The Morgan fingerprint density at radius 3 is 2.35 bits per heavy atom. The fourth-order valence-electron chi connectivity index (χ4n) is 2.89. The summed E-state index contributed by atoms with van der Waals surface area (Å²) in [5, 5.41) is 2.64. The number of carbonyl (C=O) groups excluding carboxylic acids is 2. The molecule has 0 bridgehead atoms. The number of hydrogen-bond acceptors (Lipinski definition) is 4. The summed E-state index contributed by atoms with van der Waals surface area (Å²) in [6, 6.07) is 15.6. The van der Waals surface area contributed by atoms with E-state index < -0.39 is 34.3 Å². The van der Waals surface area contributed by atoms with Gasteiger partial charge >= 0.3 is 0 Å². The van der Waals surface area contributed by atoms with Crippen molar-refractivity contribution in [1.82, 2.24) is 9.62 Å². The van der Waals surface area contributed by atoms with Crippen LogP contribution in [0.1, 0.15) is 11.1 Å². The van der Waals surface area contributed by atoms with Crippen molar-refractivity contribution in [2.75, 3.05) is 13.1 Å². The molecule has 136 valence electrons. The summed E-state index contributed by atoms with van der Waals surface area (Å²) in [4.78, 5) is 24.9. The van der Waals surface area contributed by atoms with Gasteiger partial charge in [0.25, 0.3) is 10.0 Å². The summed E-state index contributed by atoms with van der Waals surface area (Å²) in [6.07, 6.45) is 0.361. The maximum Gasteiger partial charge on any atom is 0.266 e. The van der Waals surface area contributed by atoms with E-state index in [1.165, 1.54) is 12.1 Å². The summed E-state index contributed by atoms with van der Waals surface area (Å²) >= 11 is 0. The molecule has 0 aromatic heterocycles. The van der Waals surface area contributed by atoms with Gasteiger partial charge in [-0.1, -0.05) is 48.0 Å². The summed E-state index contributed by atoms with van der Waals surface area (Å²) in [5.74, 6) is -1.68. The van der Waals surface area contributed by atoms with Gasteiger partial charge in [-0.05, 0) is 31.0 Å². The fourth-order valence-corrected chi connectivity index (χ4v) is 4.30. The molecular formula is C19H20N2O4S. The van der Waals surface area contributed by atoms with Gasteiger partial charge in [0.2, 0.25) is 11.8 Å². The number of nitrogens with zero attached hydrogens (tertiary/aromatic N) is 1. The van der Waals surface area contributed by atoms with Crippen molar-refractivity contribution in [3.05, 3.63) is 65.7 Å². The van der Waals surface area contributed by atoms with Gasteiger partial charge in [-0.2, -0.15) is 0 Å². The van der Waals surface area contributed by atoms with Crippen LogP contribution in [-0.4, -0.2) is 37.6 Å². The van der Waals surface area contributed by atoms with Gasteiger partial charge in [0.1, 0.15) is 6.54 Å². The second-order valence-corrected chi connectivity index (χ2v) is 8.22. The minimum absolute atomic E-state index is 0.00427. The number of nitrogens with one attached hydrogen (secondary N) is 1. The normalized spacial score (nSPS) is 18.3. The highest BCUT2D eigenvalue weighted by atomic mass is 32.2. The third-order valence-corrected chi connectivity index (χ3v) is 6.12. The molecule has 1 unspecified atom stereocenters. The Balaban J connectivity index is 1.92. The Hall–Kier alpha value is -2.67. The molecule has 2 amide bonds. The van der Waals surface area contributed by atoms with Crippen LogP contribution in [0.2, 0.25) is 0 Å². The largest absolute Gasteiger partial charge is 0.354 e. The predicted molar refractivity (Wildman–Crippen MR) is 96.7 cm³/mol. The van der Waals surface area contributed by atoms with E-state index in [0.29, 0.717) is 10.7 Å². The van der Waals surface area contributed by atoms with Gasteiger partial charge in [-0.15, -0.1) is 0 Å². The minimum Gasteiger partial charge on any atom is -0.354 e. The SMILES string of the molecule is Cc1ccc(S(=O)(=O)N2CC(=O)NCC(Cc3ccccc3)C2=O)cc1. The first-order chi connectivity index (χ1) is 12.4. The first kappa shape index (κ1) is 18.1. The van der Waals surface area contributed by atoms with E-state index in [-0.39, 0.29) is 11.4 Å². The highest BCUT2D eigenvalue weighted by Crippen LogP contribution is 2.21. The third kappa shape index (κ3) is 3.77. The highest BCUT2D eigenvalue weighted by Gasteiger charge is 2.37. The molecule has 1 N–H and O–H groups in total. The van der Waals surface area contributed by atoms with E-state index >= 15 is 0 Å². The zero-order valence-electron chi connectivity index (χ0n) is 14.4. The lowest BCUT2D eigenvalue weighted by Crippen LogP contribution is -2.42. The molecule has 0 spiro atoms. The van der Waals surface area contributed by atoms with Crippen LogP contribution in [-0.2, 0) is 26.0 Å². The van der Waals surface area contributed by atoms with Gasteiger partial charge in [0.05, 0.1) is 10.8 Å². The Bertz CT molecular complexity index is 908. The maximum atomic E-state index is 12.9. The van der Waals surface area contributed by atoms with E-state index in [1.54, 1.807) is 12.1 Å². The number of sulfonamides is 1. The smallest absolute Gasteiger partial charge is 0.266 e. The van der Waals surface area contributed by atoms with Crippen LogP contribution in [0.3, 0.4) is 0 Å². The van der Waals surface area contributed by atoms with Crippen molar-refractivity contribution in [3.63, 3.8) is 0 Å². The quantitative estimate of drug-likeness (QED) is 0.882. The summed E-state index contributed by atoms with van der Waals surface area (Å²) in [7, 11) is -4.09. The van der Waals surface area contributed by atoms with Crippen LogP contribution in [0, 0.1) is 12.8 Å². The lowest BCUT2D eigenvalue weighted by atomic mass is 9.99. The van der Waals surface area contributed by atoms with E-state index in [1.807, 2.05) is 37.3 Å². The molecule has 1 fully saturated rings. The van der Waals surface area contributed by atoms with Gasteiger partial charge < -0.3 is 5.32 Å². The molecule has 7 heteroatoms. The second-order valence-electron chi connectivity index (χ2n) is 6.35. The highest BCUT2D eigenvalue weighted by molar-refractivity contribution is 7.89. The monoisotopic (exact) mass is 372 g/mol. The minimum atomic E-state index is -4.09. The number of rotatable bonds is 4. The molecule has 26 heavy (non-hydrogen) atoms. The van der Waals surface area contributed by atoms with Gasteiger partial charge in [-0.3, -0.25) is 9.59 Å². The van der Waals surface area contributed by atoms with E-state index in [2.05, 4.69) is 5.32 Å². The molecule has 2 aromatic carbocycles. The molecule has 1 atom stereocenters. The van der Waals surface area contributed by atoms with Crippen molar-refractivity contribution in [1.29, 1.82) is 0 Å². The fraction of sp³-hybridized carbons (Fsp3) is 0.263. The molecule has 1 heterocycles. The standard InChI is InChI=1S/C19H20N2O4S/c1-14-7-9-17(10-8-14)26(24,25)21-13-18(22)20-12-16(19(21)23)11-15-5-3-2-4-6-15/h2-10,16H,11-13H2,1H3,(H,20,22). The molecule has 0 radical (unpaired) electrons. The number of carbonyl (C=O) groups is 2. The zero-order valence-corrected chi connectivity index (χ0v) is 15.2. The number of aryl methyl sites for hydroxylation is 1. The molecule has 2 aromatic rings. The molecular weight excluding hydrogens is 352 g/mol.